The molecule has 0 saturated carbocycles. The highest BCUT2D eigenvalue weighted by Gasteiger charge is 2.27. The van der Waals surface area contributed by atoms with Gasteiger partial charge in [0.1, 0.15) is 5.82 Å². The molecule has 0 bridgehead atoms. The van der Waals surface area contributed by atoms with E-state index in [4.69, 9.17) is 4.74 Å². The standard InChI is InChI=1S/C19H22N6O/c1-26-19-18(21-8-9-23-19)24-11-4-5-15(13-24)17-22-10-12-25(17)14-16-6-2-3-7-20-16/h2-3,6-10,12,15H,4-5,11,13-14H2,1H3/t15-/m0/s1. The van der Waals surface area contributed by atoms with Gasteiger partial charge in [-0.15, -0.1) is 0 Å². The fourth-order valence-corrected chi connectivity index (χ4v) is 3.54. The second-order valence-electron chi connectivity index (χ2n) is 6.41. The van der Waals surface area contributed by atoms with Crippen molar-refractivity contribution in [3.63, 3.8) is 0 Å². The van der Waals surface area contributed by atoms with Gasteiger partial charge in [-0.25, -0.2) is 15.0 Å². The maximum atomic E-state index is 5.38. The van der Waals surface area contributed by atoms with E-state index in [2.05, 4.69) is 29.4 Å². The number of nitrogens with zero attached hydrogens (tertiary/aromatic N) is 6. The Kier molecular flexibility index (Phi) is 4.77. The third kappa shape index (κ3) is 3.37. The molecule has 1 aliphatic heterocycles. The zero-order valence-corrected chi connectivity index (χ0v) is 14.8. The van der Waals surface area contributed by atoms with E-state index in [1.165, 1.54) is 0 Å². The number of aromatic nitrogens is 5. The first-order chi connectivity index (χ1) is 12.8. The van der Waals surface area contributed by atoms with Crippen molar-refractivity contribution in [1.82, 2.24) is 24.5 Å². The number of methoxy groups -OCH3 is 1. The molecule has 0 aromatic carbocycles. The molecule has 0 spiro atoms. The minimum Gasteiger partial charge on any atom is -0.478 e. The molecular weight excluding hydrogens is 328 g/mol. The van der Waals surface area contributed by atoms with E-state index in [1.54, 1.807) is 19.5 Å². The lowest BCUT2D eigenvalue weighted by atomic mass is 9.97. The van der Waals surface area contributed by atoms with Gasteiger partial charge in [-0.3, -0.25) is 4.98 Å². The molecule has 0 amide bonds. The highest BCUT2D eigenvalue weighted by Crippen LogP contribution is 2.31. The monoisotopic (exact) mass is 350 g/mol. The Morgan fingerprint density at radius 1 is 1.08 bits per heavy atom. The lowest BCUT2D eigenvalue weighted by Gasteiger charge is -2.33. The van der Waals surface area contributed by atoms with Gasteiger partial charge in [0.25, 0.3) is 5.88 Å². The summed E-state index contributed by atoms with van der Waals surface area (Å²) in [4.78, 5) is 20.1. The first-order valence-electron chi connectivity index (χ1n) is 8.86. The molecular formula is C19H22N6O. The molecule has 1 fully saturated rings. The van der Waals surface area contributed by atoms with Crippen LogP contribution in [-0.4, -0.2) is 44.7 Å². The summed E-state index contributed by atoms with van der Waals surface area (Å²) in [6.45, 7) is 2.54. The van der Waals surface area contributed by atoms with E-state index < -0.39 is 0 Å². The molecule has 4 heterocycles. The Morgan fingerprint density at radius 2 is 2.00 bits per heavy atom. The summed E-state index contributed by atoms with van der Waals surface area (Å²) in [5, 5.41) is 0. The molecule has 0 unspecified atom stereocenters. The number of imidazole rings is 1. The van der Waals surface area contributed by atoms with E-state index in [1.807, 2.05) is 36.8 Å². The Bertz CT molecular complexity index is 850. The van der Waals surface area contributed by atoms with Crippen LogP contribution in [0.3, 0.4) is 0 Å². The summed E-state index contributed by atoms with van der Waals surface area (Å²) in [5.41, 5.74) is 1.04. The number of rotatable bonds is 5. The highest BCUT2D eigenvalue weighted by molar-refractivity contribution is 5.48. The molecule has 0 radical (unpaired) electrons. The van der Waals surface area contributed by atoms with Crippen molar-refractivity contribution in [2.45, 2.75) is 25.3 Å². The van der Waals surface area contributed by atoms with Crippen LogP contribution in [0.25, 0.3) is 0 Å². The molecule has 3 aromatic rings. The number of pyridine rings is 1. The van der Waals surface area contributed by atoms with Gasteiger partial charge in [0, 0.05) is 50.0 Å². The van der Waals surface area contributed by atoms with E-state index in [-0.39, 0.29) is 0 Å². The number of hydrogen-bond acceptors (Lipinski definition) is 6. The molecule has 26 heavy (non-hydrogen) atoms. The summed E-state index contributed by atoms with van der Waals surface area (Å²) in [6, 6.07) is 5.99. The quantitative estimate of drug-likeness (QED) is 0.704. The maximum absolute atomic E-state index is 5.38. The van der Waals surface area contributed by atoms with Crippen molar-refractivity contribution in [3.8, 4) is 5.88 Å². The molecule has 7 nitrogen and oxygen atoms in total. The fourth-order valence-electron chi connectivity index (χ4n) is 3.54. The van der Waals surface area contributed by atoms with Gasteiger partial charge in [0.15, 0.2) is 5.82 Å². The van der Waals surface area contributed by atoms with Crippen LogP contribution in [0.4, 0.5) is 5.82 Å². The normalized spacial score (nSPS) is 17.3. The van der Waals surface area contributed by atoms with E-state index in [0.29, 0.717) is 11.8 Å². The van der Waals surface area contributed by atoms with Gasteiger partial charge in [-0.1, -0.05) is 6.07 Å². The molecule has 134 valence electrons. The molecule has 4 rings (SSSR count). The van der Waals surface area contributed by atoms with Gasteiger partial charge < -0.3 is 14.2 Å². The Hall–Kier alpha value is -2.96. The van der Waals surface area contributed by atoms with Crippen LogP contribution in [-0.2, 0) is 6.54 Å². The van der Waals surface area contributed by atoms with Crippen molar-refractivity contribution < 1.29 is 4.74 Å². The van der Waals surface area contributed by atoms with Crippen molar-refractivity contribution in [1.29, 1.82) is 0 Å². The number of hydrogen-bond donors (Lipinski definition) is 0. The number of piperidine rings is 1. The van der Waals surface area contributed by atoms with Crippen LogP contribution in [0, 0.1) is 0 Å². The summed E-state index contributed by atoms with van der Waals surface area (Å²) in [7, 11) is 1.63. The van der Waals surface area contributed by atoms with Crippen molar-refractivity contribution >= 4 is 5.82 Å². The fraction of sp³-hybridized carbons (Fsp3) is 0.368. The number of ether oxygens (including phenoxy) is 1. The van der Waals surface area contributed by atoms with Gasteiger partial charge >= 0.3 is 0 Å². The second-order valence-corrected chi connectivity index (χ2v) is 6.41. The third-order valence-electron chi connectivity index (χ3n) is 4.73. The summed E-state index contributed by atoms with van der Waals surface area (Å²) >= 11 is 0. The molecule has 1 atom stereocenters. The predicted molar refractivity (Wildman–Crippen MR) is 98.3 cm³/mol. The van der Waals surface area contributed by atoms with Crippen molar-refractivity contribution in [3.05, 3.63) is 60.7 Å². The van der Waals surface area contributed by atoms with Crippen molar-refractivity contribution in [2.24, 2.45) is 0 Å². The van der Waals surface area contributed by atoms with Gasteiger partial charge in [0.2, 0.25) is 0 Å². The minimum atomic E-state index is 0.342. The van der Waals surface area contributed by atoms with Crippen LogP contribution >= 0.6 is 0 Å². The average Bonchev–Trinajstić information content (AvgIpc) is 3.17. The molecule has 3 aromatic heterocycles. The predicted octanol–water partition coefficient (Wildman–Crippen LogP) is 2.51. The van der Waals surface area contributed by atoms with Crippen molar-refractivity contribution in [2.75, 3.05) is 25.1 Å². The Morgan fingerprint density at radius 3 is 2.85 bits per heavy atom. The first kappa shape index (κ1) is 16.5. The van der Waals surface area contributed by atoms with Gasteiger partial charge in [-0.2, -0.15) is 0 Å². The van der Waals surface area contributed by atoms with Gasteiger partial charge in [0.05, 0.1) is 19.3 Å². The smallest absolute Gasteiger partial charge is 0.257 e. The average molecular weight is 350 g/mol. The lowest BCUT2D eigenvalue weighted by molar-refractivity contribution is 0.390. The molecule has 1 saturated heterocycles. The number of anilines is 1. The minimum absolute atomic E-state index is 0.342. The summed E-state index contributed by atoms with van der Waals surface area (Å²) in [6.07, 6.45) is 11.3. The van der Waals surface area contributed by atoms with E-state index >= 15 is 0 Å². The molecule has 0 aliphatic carbocycles. The SMILES string of the molecule is COc1nccnc1N1CCC[C@H](c2nccn2Cc2ccccn2)C1. The second kappa shape index (κ2) is 7.51. The first-order valence-corrected chi connectivity index (χ1v) is 8.86. The van der Waals surface area contributed by atoms with Crippen LogP contribution < -0.4 is 9.64 Å². The molecule has 7 heteroatoms. The van der Waals surface area contributed by atoms with Gasteiger partial charge in [-0.05, 0) is 25.0 Å². The molecule has 0 N–H and O–H groups in total. The van der Waals surface area contributed by atoms with Crippen LogP contribution in [0.2, 0.25) is 0 Å². The van der Waals surface area contributed by atoms with Crippen LogP contribution in [0.1, 0.15) is 30.3 Å². The van der Waals surface area contributed by atoms with E-state index in [9.17, 15) is 0 Å². The zero-order valence-electron chi connectivity index (χ0n) is 14.8. The van der Waals surface area contributed by atoms with Crippen LogP contribution in [0.15, 0.2) is 49.2 Å². The highest BCUT2D eigenvalue weighted by atomic mass is 16.5. The zero-order chi connectivity index (χ0) is 17.8. The Labute approximate surface area is 152 Å². The van der Waals surface area contributed by atoms with E-state index in [0.717, 1.165) is 49.8 Å². The Balaban J connectivity index is 1.55. The summed E-state index contributed by atoms with van der Waals surface area (Å²) < 4.78 is 7.58. The largest absolute Gasteiger partial charge is 0.478 e. The summed E-state index contributed by atoms with van der Waals surface area (Å²) in [5.74, 6) is 2.82. The lowest BCUT2D eigenvalue weighted by Crippen LogP contribution is -2.36. The maximum Gasteiger partial charge on any atom is 0.257 e. The molecule has 1 aliphatic rings. The van der Waals surface area contributed by atoms with Crippen LogP contribution in [0.5, 0.6) is 5.88 Å². The third-order valence-corrected chi connectivity index (χ3v) is 4.73. The topological polar surface area (TPSA) is 69.0 Å².